The molecule has 0 saturated heterocycles. The van der Waals surface area contributed by atoms with E-state index in [1.54, 1.807) is 6.20 Å². The van der Waals surface area contributed by atoms with Gasteiger partial charge in [-0.15, -0.1) is 0 Å². The Balaban J connectivity index is 1.61. The third kappa shape index (κ3) is 4.18. The average Bonchev–Trinajstić information content (AvgIpc) is 3.19. The SMILES string of the molecule is CCn1ncc2c(NC3CCCCC3)c(C(=O)NCc3ccc(C)c(C)c3)cnc21. The van der Waals surface area contributed by atoms with Crippen LogP contribution < -0.4 is 10.6 Å². The van der Waals surface area contributed by atoms with Crippen LogP contribution in [-0.2, 0) is 13.1 Å². The number of anilines is 1. The van der Waals surface area contributed by atoms with E-state index in [0.717, 1.165) is 41.7 Å². The van der Waals surface area contributed by atoms with E-state index in [9.17, 15) is 4.79 Å². The van der Waals surface area contributed by atoms with Gasteiger partial charge in [-0.2, -0.15) is 5.10 Å². The Morgan fingerprint density at radius 2 is 1.93 bits per heavy atom. The molecule has 1 fully saturated rings. The summed E-state index contributed by atoms with van der Waals surface area (Å²) in [5, 5.41) is 12.1. The van der Waals surface area contributed by atoms with Crippen molar-refractivity contribution in [2.45, 2.75) is 72.0 Å². The first-order valence-corrected chi connectivity index (χ1v) is 11.0. The number of nitrogens with one attached hydrogen (secondary N) is 2. The molecule has 2 heterocycles. The number of carbonyl (C=O) groups excluding carboxylic acids is 1. The Hall–Kier alpha value is -2.89. The number of rotatable bonds is 6. The van der Waals surface area contributed by atoms with E-state index in [1.165, 1.54) is 30.4 Å². The van der Waals surface area contributed by atoms with Crippen LogP contribution in [-0.4, -0.2) is 26.7 Å². The topological polar surface area (TPSA) is 71.8 Å². The first-order chi connectivity index (χ1) is 14.6. The summed E-state index contributed by atoms with van der Waals surface area (Å²) in [6.45, 7) is 7.48. The fourth-order valence-corrected chi connectivity index (χ4v) is 4.23. The number of aromatic nitrogens is 3. The molecule has 30 heavy (non-hydrogen) atoms. The highest BCUT2D eigenvalue weighted by Crippen LogP contribution is 2.30. The Labute approximate surface area is 178 Å². The smallest absolute Gasteiger partial charge is 0.255 e. The molecule has 1 aromatic carbocycles. The van der Waals surface area contributed by atoms with Crippen LogP contribution in [0.2, 0.25) is 0 Å². The molecular formula is C24H31N5O. The quantitative estimate of drug-likeness (QED) is 0.621. The lowest BCUT2D eigenvalue weighted by Gasteiger charge is -2.25. The lowest BCUT2D eigenvalue weighted by atomic mass is 9.95. The van der Waals surface area contributed by atoms with Gasteiger partial charge in [0.05, 0.1) is 22.8 Å². The van der Waals surface area contributed by atoms with Crippen molar-refractivity contribution in [1.82, 2.24) is 20.1 Å². The second kappa shape index (κ2) is 8.86. The number of benzene rings is 1. The summed E-state index contributed by atoms with van der Waals surface area (Å²) in [5.41, 5.74) is 5.86. The number of hydrogen-bond donors (Lipinski definition) is 2. The highest BCUT2D eigenvalue weighted by Gasteiger charge is 2.21. The van der Waals surface area contributed by atoms with Crippen LogP contribution in [0.5, 0.6) is 0 Å². The molecule has 3 aromatic rings. The molecule has 0 unspecified atom stereocenters. The zero-order valence-corrected chi connectivity index (χ0v) is 18.2. The zero-order valence-electron chi connectivity index (χ0n) is 18.2. The summed E-state index contributed by atoms with van der Waals surface area (Å²) < 4.78 is 1.87. The van der Waals surface area contributed by atoms with Gasteiger partial charge in [0.15, 0.2) is 5.65 Å². The number of hydrogen-bond acceptors (Lipinski definition) is 4. The van der Waals surface area contributed by atoms with Gasteiger partial charge in [-0.05, 0) is 50.3 Å². The van der Waals surface area contributed by atoms with Crippen LogP contribution in [0.15, 0.2) is 30.6 Å². The fourth-order valence-electron chi connectivity index (χ4n) is 4.23. The predicted molar refractivity (Wildman–Crippen MR) is 121 cm³/mol. The first-order valence-electron chi connectivity index (χ1n) is 11.0. The van der Waals surface area contributed by atoms with Gasteiger partial charge in [0.1, 0.15) is 0 Å². The Kier molecular flexibility index (Phi) is 6.02. The van der Waals surface area contributed by atoms with Crippen LogP contribution in [0.3, 0.4) is 0 Å². The normalized spacial score (nSPS) is 14.8. The maximum atomic E-state index is 13.1. The maximum Gasteiger partial charge on any atom is 0.255 e. The monoisotopic (exact) mass is 405 g/mol. The number of amides is 1. The summed E-state index contributed by atoms with van der Waals surface area (Å²) in [4.78, 5) is 17.7. The summed E-state index contributed by atoms with van der Waals surface area (Å²) in [6, 6.07) is 6.68. The minimum atomic E-state index is -0.106. The second-order valence-corrected chi connectivity index (χ2v) is 8.33. The molecule has 0 aliphatic heterocycles. The van der Waals surface area contributed by atoms with Crippen LogP contribution in [0.25, 0.3) is 11.0 Å². The van der Waals surface area contributed by atoms with E-state index in [1.807, 2.05) is 17.8 Å². The van der Waals surface area contributed by atoms with Gasteiger partial charge >= 0.3 is 0 Å². The van der Waals surface area contributed by atoms with Crippen molar-refractivity contribution in [1.29, 1.82) is 0 Å². The summed E-state index contributed by atoms with van der Waals surface area (Å²) >= 11 is 0. The molecule has 6 heteroatoms. The van der Waals surface area contributed by atoms with E-state index in [0.29, 0.717) is 18.2 Å². The molecule has 0 atom stereocenters. The zero-order chi connectivity index (χ0) is 21.1. The summed E-state index contributed by atoms with van der Waals surface area (Å²) in [6.07, 6.45) is 9.54. The van der Waals surface area contributed by atoms with Crippen LogP contribution in [0, 0.1) is 13.8 Å². The lowest BCUT2D eigenvalue weighted by Crippen LogP contribution is -2.27. The van der Waals surface area contributed by atoms with Gasteiger partial charge in [-0.25, -0.2) is 9.67 Å². The van der Waals surface area contributed by atoms with Gasteiger partial charge in [0.25, 0.3) is 5.91 Å². The molecule has 1 saturated carbocycles. The highest BCUT2D eigenvalue weighted by molar-refractivity contribution is 6.06. The average molecular weight is 406 g/mol. The first kappa shape index (κ1) is 20.4. The largest absolute Gasteiger partial charge is 0.381 e. The second-order valence-electron chi connectivity index (χ2n) is 8.33. The number of fused-ring (bicyclic) bond motifs is 1. The molecule has 2 N–H and O–H groups in total. The Bertz CT molecular complexity index is 1050. The van der Waals surface area contributed by atoms with Crippen LogP contribution in [0.4, 0.5) is 5.69 Å². The molecule has 0 spiro atoms. The molecular weight excluding hydrogens is 374 g/mol. The molecule has 0 radical (unpaired) electrons. The summed E-state index contributed by atoms with van der Waals surface area (Å²) in [5.74, 6) is -0.106. The van der Waals surface area contributed by atoms with E-state index in [-0.39, 0.29) is 5.91 Å². The van der Waals surface area contributed by atoms with Crippen molar-refractivity contribution in [2.75, 3.05) is 5.32 Å². The van der Waals surface area contributed by atoms with Crippen molar-refractivity contribution in [2.24, 2.45) is 0 Å². The van der Waals surface area contributed by atoms with E-state index >= 15 is 0 Å². The van der Waals surface area contributed by atoms with Crippen molar-refractivity contribution in [3.8, 4) is 0 Å². The van der Waals surface area contributed by atoms with Crippen molar-refractivity contribution in [3.05, 3.63) is 52.8 Å². The maximum absolute atomic E-state index is 13.1. The number of nitrogens with zero attached hydrogens (tertiary/aromatic N) is 3. The fraction of sp³-hybridized carbons (Fsp3) is 0.458. The van der Waals surface area contributed by atoms with E-state index in [4.69, 9.17) is 0 Å². The van der Waals surface area contributed by atoms with Gasteiger partial charge in [-0.3, -0.25) is 4.79 Å². The number of carbonyl (C=O) groups is 1. The van der Waals surface area contributed by atoms with E-state index in [2.05, 4.69) is 52.8 Å². The van der Waals surface area contributed by atoms with Gasteiger partial charge < -0.3 is 10.6 Å². The predicted octanol–water partition coefficient (Wildman–Crippen LogP) is 4.74. The van der Waals surface area contributed by atoms with Crippen LogP contribution >= 0.6 is 0 Å². The number of aryl methyl sites for hydroxylation is 3. The van der Waals surface area contributed by atoms with Crippen molar-refractivity contribution < 1.29 is 4.79 Å². The highest BCUT2D eigenvalue weighted by atomic mass is 16.1. The third-order valence-electron chi connectivity index (χ3n) is 6.19. The van der Waals surface area contributed by atoms with E-state index < -0.39 is 0 Å². The molecule has 6 nitrogen and oxygen atoms in total. The molecule has 158 valence electrons. The van der Waals surface area contributed by atoms with Crippen molar-refractivity contribution >= 4 is 22.6 Å². The molecule has 1 amide bonds. The molecule has 1 aliphatic carbocycles. The van der Waals surface area contributed by atoms with Crippen LogP contribution in [0.1, 0.15) is 66.1 Å². The van der Waals surface area contributed by atoms with Gasteiger partial charge in [0.2, 0.25) is 0 Å². The minimum Gasteiger partial charge on any atom is -0.381 e. The molecule has 2 aromatic heterocycles. The molecule has 0 bridgehead atoms. The minimum absolute atomic E-state index is 0.106. The van der Waals surface area contributed by atoms with Gasteiger partial charge in [-0.1, -0.05) is 37.5 Å². The molecule has 1 aliphatic rings. The van der Waals surface area contributed by atoms with Gasteiger partial charge in [0, 0.05) is 25.3 Å². The molecule has 4 rings (SSSR count). The summed E-state index contributed by atoms with van der Waals surface area (Å²) in [7, 11) is 0. The standard InChI is InChI=1S/C24H31N5O/c1-4-29-23-20(15-27-29)22(28-19-8-6-5-7-9-19)21(14-25-23)24(30)26-13-18-11-10-16(2)17(3)12-18/h10-12,14-15,19H,4-9,13H2,1-3H3,(H,25,28)(H,26,30). The Morgan fingerprint density at radius 3 is 2.67 bits per heavy atom. The lowest BCUT2D eigenvalue weighted by molar-refractivity contribution is 0.0951. The van der Waals surface area contributed by atoms with Crippen molar-refractivity contribution in [3.63, 3.8) is 0 Å². The Morgan fingerprint density at radius 1 is 1.13 bits per heavy atom. The third-order valence-corrected chi connectivity index (χ3v) is 6.19. The number of pyridine rings is 1.